The van der Waals surface area contributed by atoms with Crippen LogP contribution in [0.1, 0.15) is 21.5 Å². The molecule has 0 fully saturated rings. The number of ether oxygens (including phenoxy) is 1. The monoisotopic (exact) mass is 351 g/mol. The molecule has 0 bridgehead atoms. The van der Waals surface area contributed by atoms with Crippen molar-refractivity contribution in [1.29, 1.82) is 0 Å². The average Bonchev–Trinajstić information content (AvgIpc) is 2.43. The van der Waals surface area contributed by atoms with Gasteiger partial charge in [-0.15, -0.1) is 0 Å². The van der Waals surface area contributed by atoms with Gasteiger partial charge in [-0.1, -0.05) is 24.3 Å². The van der Waals surface area contributed by atoms with Gasteiger partial charge in [0, 0.05) is 17.5 Å². The van der Waals surface area contributed by atoms with E-state index >= 15 is 0 Å². The Morgan fingerprint density at radius 2 is 1.89 bits per heavy atom. The molecule has 90 valence electrons. The Labute approximate surface area is 116 Å². The topological polar surface area (TPSA) is 26.3 Å². The molecule has 2 nitrogen and oxygen atoms in total. The summed E-state index contributed by atoms with van der Waals surface area (Å²) in [6, 6.07) is 14.5. The molecule has 0 spiro atoms. The van der Waals surface area contributed by atoms with Gasteiger partial charge in [0.1, 0.15) is 0 Å². The van der Waals surface area contributed by atoms with E-state index in [-0.39, 0.29) is 27.2 Å². The molecular weight excluding hydrogens is 339 g/mol. The van der Waals surface area contributed by atoms with E-state index in [0.29, 0.717) is 0 Å². The van der Waals surface area contributed by atoms with Crippen molar-refractivity contribution < 1.29 is 30.7 Å². The van der Waals surface area contributed by atoms with Crippen molar-refractivity contribution in [3.05, 3.63) is 66.3 Å². The molecule has 1 heterocycles. The summed E-state index contributed by atoms with van der Waals surface area (Å²) in [5, 5.41) is 0. The minimum Gasteiger partial charge on any atom is -0.465 e. The summed E-state index contributed by atoms with van der Waals surface area (Å²) < 4.78 is 7.67. The fourth-order valence-corrected chi connectivity index (χ4v) is 5.09. The van der Waals surface area contributed by atoms with Gasteiger partial charge in [0.15, 0.2) is 7.14 Å². The van der Waals surface area contributed by atoms with Crippen LogP contribution in [-0.4, -0.2) is 13.1 Å². The molecule has 2 aromatic rings. The van der Waals surface area contributed by atoms with E-state index in [2.05, 4.69) is 30.3 Å². The van der Waals surface area contributed by atoms with Crippen molar-refractivity contribution >= 4 is 5.97 Å². The second-order valence-corrected chi connectivity index (χ2v) is 6.98. The molecule has 3 rings (SSSR count). The van der Waals surface area contributed by atoms with Crippen LogP contribution < -0.4 is 21.2 Å². The Morgan fingerprint density at radius 1 is 1.11 bits per heavy atom. The smallest absolute Gasteiger partial charge is 0.358 e. The molecule has 0 atom stereocenters. The predicted molar refractivity (Wildman–Crippen MR) is 64.4 cm³/mol. The molecule has 1 aliphatic heterocycles. The minimum absolute atomic E-state index is 0.180. The van der Waals surface area contributed by atoms with Gasteiger partial charge in [0.05, 0.1) is 12.7 Å². The lowest BCUT2D eigenvalue weighted by molar-refractivity contribution is -0.601. The fraction of sp³-hybridized carbons (Fsp3) is 0.133. The molecule has 0 amide bonds. The fourth-order valence-electron chi connectivity index (χ4n) is 2.16. The first-order valence-corrected chi connectivity index (χ1v) is 7.88. The van der Waals surface area contributed by atoms with Gasteiger partial charge in [-0.2, -0.15) is 0 Å². The van der Waals surface area contributed by atoms with E-state index in [0.717, 1.165) is 17.5 Å². The molecule has 2 aromatic carbocycles. The largest absolute Gasteiger partial charge is 0.465 e. The summed E-state index contributed by atoms with van der Waals surface area (Å²) in [6.45, 7) is 0. The molecule has 0 radical (unpaired) electrons. The molecule has 0 aromatic heterocycles. The van der Waals surface area contributed by atoms with Gasteiger partial charge in [0.25, 0.3) is 0 Å². The summed E-state index contributed by atoms with van der Waals surface area (Å²) in [7, 11) is 1.44. The Balaban J connectivity index is 2.10. The molecule has 3 heteroatoms. The highest BCUT2D eigenvalue weighted by Crippen LogP contribution is 2.17. The van der Waals surface area contributed by atoms with Crippen molar-refractivity contribution in [2.24, 2.45) is 0 Å². The van der Waals surface area contributed by atoms with E-state index in [1.54, 1.807) is 0 Å². The number of methoxy groups -OCH3 is 1. The zero-order valence-corrected chi connectivity index (χ0v) is 12.1. The van der Waals surface area contributed by atoms with E-state index < -0.39 is 0 Å². The Bertz CT molecular complexity index is 620. The summed E-state index contributed by atoms with van der Waals surface area (Å²) >= 11 is -0.180. The van der Waals surface area contributed by atoms with Crippen LogP contribution in [0.4, 0.5) is 0 Å². The molecule has 0 saturated heterocycles. The van der Waals surface area contributed by atoms with Crippen molar-refractivity contribution in [2.75, 3.05) is 7.11 Å². The summed E-state index contributed by atoms with van der Waals surface area (Å²) in [5.74, 6) is -0.227. The lowest BCUT2D eigenvalue weighted by Gasteiger charge is -2.12. The number of rotatable bonds is 1. The normalized spacial score (nSPS) is 12.5. The van der Waals surface area contributed by atoms with Crippen LogP contribution in [-0.2, 0) is 11.2 Å². The quantitative estimate of drug-likeness (QED) is 0.437. The van der Waals surface area contributed by atoms with Gasteiger partial charge >= 0.3 is 27.2 Å². The van der Waals surface area contributed by atoms with Crippen LogP contribution in [0.25, 0.3) is 0 Å². The number of halogens is 1. The summed E-state index contributed by atoms with van der Waals surface area (Å²) in [6.07, 6.45) is 0.844. The lowest BCUT2D eigenvalue weighted by atomic mass is 10.00. The van der Waals surface area contributed by atoms with E-state index in [1.807, 2.05) is 12.1 Å². The van der Waals surface area contributed by atoms with Crippen LogP contribution >= 0.6 is 0 Å². The second-order valence-electron chi connectivity index (χ2n) is 4.12. The number of fused-ring (bicyclic) bond motifs is 2. The van der Waals surface area contributed by atoms with Crippen LogP contribution in [0.3, 0.4) is 0 Å². The maximum Gasteiger partial charge on any atom is 0.358 e. The van der Waals surface area contributed by atoms with Crippen LogP contribution in [0, 0.1) is 7.14 Å². The molecule has 0 unspecified atom stereocenters. The van der Waals surface area contributed by atoms with Gasteiger partial charge in [-0.3, -0.25) is 0 Å². The Morgan fingerprint density at radius 3 is 2.72 bits per heavy atom. The maximum atomic E-state index is 11.8. The Hall–Kier alpha value is -1.36. The second kappa shape index (κ2) is 4.72. The molecule has 18 heavy (non-hydrogen) atoms. The van der Waals surface area contributed by atoms with Crippen LogP contribution in [0.2, 0.25) is 0 Å². The standard InChI is InChI=1S/C15H12IO2/c1-18-15(17)11-6-4-8-14-12(11)9-10-5-2-3-7-13(10)16-14/h2-8H,9H2,1H3/q+1. The zero-order valence-electron chi connectivity index (χ0n) is 9.94. The van der Waals surface area contributed by atoms with Crippen LogP contribution in [0.5, 0.6) is 0 Å². The first-order valence-electron chi connectivity index (χ1n) is 5.72. The van der Waals surface area contributed by atoms with Crippen molar-refractivity contribution in [3.63, 3.8) is 0 Å². The maximum absolute atomic E-state index is 11.8. The molecule has 1 aliphatic rings. The van der Waals surface area contributed by atoms with Crippen molar-refractivity contribution in [3.8, 4) is 0 Å². The number of carbonyl (C=O) groups is 1. The SMILES string of the molecule is COC(=O)c1cccc2c1Cc1ccccc1[I+]2. The highest BCUT2D eigenvalue weighted by Gasteiger charge is 2.31. The van der Waals surface area contributed by atoms with Gasteiger partial charge in [-0.05, 0) is 18.2 Å². The summed E-state index contributed by atoms with van der Waals surface area (Å²) in [5.41, 5.74) is 3.24. The third-order valence-electron chi connectivity index (χ3n) is 3.05. The highest BCUT2D eigenvalue weighted by atomic mass is 127. The van der Waals surface area contributed by atoms with E-state index in [1.165, 1.54) is 19.8 Å². The van der Waals surface area contributed by atoms with E-state index in [4.69, 9.17) is 4.74 Å². The highest BCUT2D eigenvalue weighted by molar-refractivity contribution is 5.91. The van der Waals surface area contributed by atoms with Gasteiger partial charge < -0.3 is 4.74 Å². The van der Waals surface area contributed by atoms with Crippen molar-refractivity contribution in [2.45, 2.75) is 6.42 Å². The molecular formula is C15H12IO2+. The number of benzene rings is 2. The Kier molecular flexibility index (Phi) is 3.07. The molecule has 0 saturated carbocycles. The molecule has 0 N–H and O–H groups in total. The lowest BCUT2D eigenvalue weighted by Crippen LogP contribution is -3.62. The van der Waals surface area contributed by atoms with E-state index in [9.17, 15) is 4.79 Å². The number of hydrogen-bond donors (Lipinski definition) is 0. The predicted octanol–water partition coefficient (Wildman–Crippen LogP) is -0.494. The third kappa shape index (κ3) is 1.92. The van der Waals surface area contributed by atoms with Crippen LogP contribution in [0.15, 0.2) is 42.5 Å². The first-order chi connectivity index (χ1) is 8.79. The average molecular weight is 351 g/mol. The number of hydrogen-bond acceptors (Lipinski definition) is 2. The summed E-state index contributed by atoms with van der Waals surface area (Å²) in [4.78, 5) is 11.8. The zero-order chi connectivity index (χ0) is 12.5. The minimum atomic E-state index is -0.227. The number of carbonyl (C=O) groups excluding carboxylic acids is 1. The molecule has 0 aliphatic carbocycles. The number of esters is 1. The van der Waals surface area contributed by atoms with Gasteiger partial charge in [-0.25, -0.2) is 4.79 Å². The first kappa shape index (κ1) is 11.7. The third-order valence-corrected chi connectivity index (χ3v) is 6.28. The van der Waals surface area contributed by atoms with Crippen molar-refractivity contribution in [1.82, 2.24) is 0 Å². The van der Waals surface area contributed by atoms with Gasteiger partial charge in [0.2, 0.25) is 0 Å².